The molecule has 1 aliphatic rings. The van der Waals surface area contributed by atoms with Gasteiger partial charge in [-0.05, 0) is 24.3 Å². The molecule has 0 aliphatic carbocycles. The molecule has 92 valence electrons. The van der Waals surface area contributed by atoms with Crippen LogP contribution in [0, 0.1) is 0 Å². The number of amides is 1. The molecule has 5 nitrogen and oxygen atoms in total. The van der Waals surface area contributed by atoms with Gasteiger partial charge in [-0.25, -0.2) is 0 Å². The number of carbonyl (C=O) groups excluding carboxylic acids is 1. The lowest BCUT2D eigenvalue weighted by atomic mass is 10.2. The van der Waals surface area contributed by atoms with E-state index in [-0.39, 0.29) is 5.91 Å². The highest BCUT2D eigenvalue weighted by Gasteiger charge is 2.16. The van der Waals surface area contributed by atoms with E-state index in [2.05, 4.69) is 10.6 Å². The Bertz CT molecular complexity index is 374. The molecule has 2 rings (SSSR count). The van der Waals surface area contributed by atoms with E-state index in [0.29, 0.717) is 23.8 Å². The second kappa shape index (κ2) is 5.65. The van der Waals surface area contributed by atoms with Gasteiger partial charge in [0.1, 0.15) is 0 Å². The predicted octanol–water partition coefficient (Wildman–Crippen LogP) is -0.0130. The van der Waals surface area contributed by atoms with Gasteiger partial charge in [-0.15, -0.1) is 0 Å². The van der Waals surface area contributed by atoms with Crippen molar-refractivity contribution in [2.24, 2.45) is 0 Å². The molecule has 1 aromatic rings. The van der Waals surface area contributed by atoms with Gasteiger partial charge < -0.3 is 21.1 Å². The Kier molecular flexibility index (Phi) is 3.95. The van der Waals surface area contributed by atoms with Crippen molar-refractivity contribution >= 4 is 11.6 Å². The van der Waals surface area contributed by atoms with Crippen molar-refractivity contribution in [3.05, 3.63) is 29.8 Å². The smallest absolute Gasteiger partial charge is 0.251 e. The van der Waals surface area contributed by atoms with E-state index in [1.165, 1.54) is 0 Å². The number of ether oxygens (including phenoxy) is 1. The van der Waals surface area contributed by atoms with Gasteiger partial charge in [0.25, 0.3) is 5.91 Å². The molecule has 0 atom stereocenters. The van der Waals surface area contributed by atoms with Crippen LogP contribution in [0.4, 0.5) is 5.69 Å². The van der Waals surface area contributed by atoms with Crippen LogP contribution < -0.4 is 16.4 Å². The molecule has 0 bridgehead atoms. The van der Waals surface area contributed by atoms with Crippen molar-refractivity contribution in [3.8, 4) is 0 Å². The van der Waals surface area contributed by atoms with E-state index in [9.17, 15) is 4.79 Å². The Morgan fingerprint density at radius 3 is 2.59 bits per heavy atom. The molecule has 5 heteroatoms. The summed E-state index contributed by atoms with van der Waals surface area (Å²) in [5.74, 6) is -0.0725. The molecule has 0 radical (unpaired) electrons. The maximum Gasteiger partial charge on any atom is 0.251 e. The van der Waals surface area contributed by atoms with Gasteiger partial charge in [0.15, 0.2) is 0 Å². The van der Waals surface area contributed by atoms with Gasteiger partial charge in [0.05, 0.1) is 19.3 Å². The minimum Gasteiger partial charge on any atom is -0.399 e. The van der Waals surface area contributed by atoms with Gasteiger partial charge in [0.2, 0.25) is 0 Å². The van der Waals surface area contributed by atoms with Gasteiger partial charge in [-0.1, -0.05) is 0 Å². The first-order valence-corrected chi connectivity index (χ1v) is 5.70. The average molecular weight is 235 g/mol. The summed E-state index contributed by atoms with van der Waals surface area (Å²) in [5, 5.41) is 6.11. The van der Waals surface area contributed by atoms with Crippen molar-refractivity contribution in [2.75, 3.05) is 32.0 Å². The molecule has 1 aromatic carbocycles. The number of hydrogen-bond acceptors (Lipinski definition) is 4. The fourth-order valence-corrected chi connectivity index (χ4v) is 1.54. The summed E-state index contributed by atoms with van der Waals surface area (Å²) in [6.45, 7) is 2.91. The molecular weight excluding hydrogens is 218 g/mol. The standard InChI is InChI=1S/C12H17N3O2/c13-10-3-1-9(2-4-10)12(16)15-6-5-14-11-7-17-8-11/h1-4,11,14H,5-8,13H2,(H,15,16). The van der Waals surface area contributed by atoms with Crippen LogP contribution in [0.1, 0.15) is 10.4 Å². The highest BCUT2D eigenvalue weighted by atomic mass is 16.5. The van der Waals surface area contributed by atoms with Gasteiger partial charge in [-0.2, -0.15) is 0 Å². The largest absolute Gasteiger partial charge is 0.399 e. The van der Waals surface area contributed by atoms with Crippen LogP contribution in [0.2, 0.25) is 0 Å². The fourth-order valence-electron chi connectivity index (χ4n) is 1.54. The van der Waals surface area contributed by atoms with Crippen LogP contribution in [0.25, 0.3) is 0 Å². The fraction of sp³-hybridized carbons (Fsp3) is 0.417. The Labute approximate surface area is 100 Å². The topological polar surface area (TPSA) is 76.4 Å². The summed E-state index contributed by atoms with van der Waals surface area (Å²) in [6, 6.07) is 7.33. The van der Waals surface area contributed by atoms with E-state index in [4.69, 9.17) is 10.5 Å². The van der Waals surface area contributed by atoms with Crippen molar-refractivity contribution in [1.29, 1.82) is 0 Å². The molecule has 1 heterocycles. The zero-order valence-electron chi connectivity index (χ0n) is 9.61. The Balaban J connectivity index is 1.67. The molecule has 1 aliphatic heterocycles. The van der Waals surface area contributed by atoms with Gasteiger partial charge in [0, 0.05) is 24.3 Å². The number of nitrogens with two attached hydrogens (primary N) is 1. The van der Waals surface area contributed by atoms with E-state index < -0.39 is 0 Å². The molecule has 0 unspecified atom stereocenters. The molecule has 4 N–H and O–H groups in total. The summed E-state index contributed by atoms with van der Waals surface area (Å²) in [7, 11) is 0. The maximum absolute atomic E-state index is 11.7. The van der Waals surface area contributed by atoms with E-state index >= 15 is 0 Å². The van der Waals surface area contributed by atoms with Crippen LogP contribution in [0.5, 0.6) is 0 Å². The average Bonchev–Trinajstić information content (AvgIpc) is 2.27. The molecule has 0 aromatic heterocycles. The number of rotatable bonds is 5. The summed E-state index contributed by atoms with van der Waals surface area (Å²) in [6.07, 6.45) is 0. The summed E-state index contributed by atoms with van der Waals surface area (Å²) in [5.41, 5.74) is 6.84. The third-order valence-corrected chi connectivity index (χ3v) is 2.65. The Morgan fingerprint density at radius 1 is 1.29 bits per heavy atom. The maximum atomic E-state index is 11.7. The van der Waals surface area contributed by atoms with Crippen molar-refractivity contribution in [2.45, 2.75) is 6.04 Å². The molecule has 17 heavy (non-hydrogen) atoms. The number of benzene rings is 1. The molecular formula is C12H17N3O2. The number of nitrogens with one attached hydrogen (secondary N) is 2. The lowest BCUT2D eigenvalue weighted by molar-refractivity contribution is -0.00462. The normalized spacial score (nSPS) is 15.3. The van der Waals surface area contributed by atoms with E-state index in [0.717, 1.165) is 19.8 Å². The van der Waals surface area contributed by atoms with Crippen molar-refractivity contribution in [3.63, 3.8) is 0 Å². The minimum atomic E-state index is -0.0725. The van der Waals surface area contributed by atoms with Crippen molar-refractivity contribution in [1.82, 2.24) is 10.6 Å². The lowest BCUT2D eigenvalue weighted by Crippen LogP contribution is -2.48. The molecule has 0 spiro atoms. The second-order valence-electron chi connectivity index (χ2n) is 4.07. The number of nitrogen functional groups attached to an aromatic ring is 1. The van der Waals surface area contributed by atoms with Gasteiger partial charge in [-0.3, -0.25) is 4.79 Å². The van der Waals surface area contributed by atoms with Gasteiger partial charge >= 0.3 is 0 Å². The van der Waals surface area contributed by atoms with E-state index in [1.54, 1.807) is 24.3 Å². The summed E-state index contributed by atoms with van der Waals surface area (Å²) >= 11 is 0. The monoisotopic (exact) mass is 235 g/mol. The third kappa shape index (κ3) is 3.44. The van der Waals surface area contributed by atoms with Crippen LogP contribution in [-0.4, -0.2) is 38.3 Å². The molecule has 1 saturated heterocycles. The molecule has 1 fully saturated rings. The van der Waals surface area contributed by atoms with E-state index in [1.807, 2.05) is 0 Å². The Hall–Kier alpha value is -1.59. The SMILES string of the molecule is Nc1ccc(C(=O)NCCNC2COC2)cc1. The molecule has 1 amide bonds. The predicted molar refractivity (Wildman–Crippen MR) is 65.8 cm³/mol. The van der Waals surface area contributed by atoms with Crippen LogP contribution in [-0.2, 0) is 4.74 Å². The van der Waals surface area contributed by atoms with Crippen LogP contribution in [0.15, 0.2) is 24.3 Å². The zero-order chi connectivity index (χ0) is 12.1. The zero-order valence-corrected chi connectivity index (χ0v) is 9.61. The Morgan fingerprint density at radius 2 is 2.00 bits per heavy atom. The first kappa shape index (κ1) is 11.9. The summed E-state index contributed by atoms with van der Waals surface area (Å²) in [4.78, 5) is 11.7. The quantitative estimate of drug-likeness (QED) is 0.495. The number of carbonyl (C=O) groups is 1. The first-order valence-electron chi connectivity index (χ1n) is 5.70. The minimum absolute atomic E-state index is 0.0725. The highest BCUT2D eigenvalue weighted by Crippen LogP contribution is 2.04. The van der Waals surface area contributed by atoms with Crippen molar-refractivity contribution < 1.29 is 9.53 Å². The summed E-state index contributed by atoms with van der Waals surface area (Å²) < 4.78 is 5.03. The van der Waals surface area contributed by atoms with Crippen LogP contribution >= 0.6 is 0 Å². The van der Waals surface area contributed by atoms with Crippen LogP contribution in [0.3, 0.4) is 0 Å². The second-order valence-corrected chi connectivity index (χ2v) is 4.07. The number of hydrogen-bond donors (Lipinski definition) is 3. The lowest BCUT2D eigenvalue weighted by Gasteiger charge is -2.26. The first-order chi connectivity index (χ1) is 8.25. The molecule has 0 saturated carbocycles. The highest BCUT2D eigenvalue weighted by molar-refractivity contribution is 5.94. The third-order valence-electron chi connectivity index (χ3n) is 2.65. The number of anilines is 1.